The van der Waals surface area contributed by atoms with E-state index in [4.69, 9.17) is 27.9 Å². The summed E-state index contributed by atoms with van der Waals surface area (Å²) < 4.78 is 6.80. The second-order valence-electron chi connectivity index (χ2n) is 3.90. The predicted molar refractivity (Wildman–Crippen MR) is 80.0 cm³/mol. The molecule has 2 aromatic rings. The number of rotatable bonds is 3. The Morgan fingerprint density at radius 3 is 2.61 bits per heavy atom. The van der Waals surface area contributed by atoms with Gasteiger partial charge in [-0.15, -0.1) is 11.6 Å². The van der Waals surface area contributed by atoms with E-state index in [1.807, 2.05) is 43.3 Å². The lowest BCUT2D eigenvalue weighted by Gasteiger charge is -2.11. The fourth-order valence-electron chi connectivity index (χ4n) is 1.54. The van der Waals surface area contributed by atoms with Gasteiger partial charge in [0.2, 0.25) is 0 Å². The summed E-state index contributed by atoms with van der Waals surface area (Å²) in [5, 5.41) is 0.731. The zero-order valence-corrected chi connectivity index (χ0v) is 12.8. The molecule has 2 rings (SSSR count). The van der Waals surface area contributed by atoms with Gasteiger partial charge in [0.25, 0.3) is 0 Å². The normalized spacial score (nSPS) is 10.4. The maximum atomic E-state index is 5.98. The first kappa shape index (κ1) is 13.7. The number of hydrogen-bond donors (Lipinski definition) is 0. The minimum atomic E-state index is 0.412. The lowest BCUT2D eigenvalue weighted by molar-refractivity contribution is 0.477. The third kappa shape index (κ3) is 3.19. The SMILES string of the molecule is Cc1cc(Oc2cc(Br)ccc2CCl)ccc1Cl. The van der Waals surface area contributed by atoms with Crippen molar-refractivity contribution in [2.75, 3.05) is 0 Å². The monoisotopic (exact) mass is 344 g/mol. The number of halogens is 3. The number of hydrogen-bond acceptors (Lipinski definition) is 1. The molecule has 18 heavy (non-hydrogen) atoms. The Hall–Kier alpha value is -0.700. The average Bonchev–Trinajstić information content (AvgIpc) is 2.34. The molecule has 0 saturated carbocycles. The van der Waals surface area contributed by atoms with Crippen molar-refractivity contribution in [1.82, 2.24) is 0 Å². The molecule has 0 aromatic heterocycles. The largest absolute Gasteiger partial charge is 0.457 e. The summed E-state index contributed by atoms with van der Waals surface area (Å²) in [6.45, 7) is 1.94. The Balaban J connectivity index is 2.33. The molecule has 4 heteroatoms. The quantitative estimate of drug-likeness (QED) is 0.625. The molecule has 0 unspecified atom stereocenters. The number of alkyl halides is 1. The van der Waals surface area contributed by atoms with Crippen LogP contribution >= 0.6 is 39.1 Å². The van der Waals surface area contributed by atoms with Crippen LogP contribution in [0.4, 0.5) is 0 Å². The molecule has 0 atom stereocenters. The fourth-order valence-corrected chi connectivity index (χ4v) is 2.22. The van der Waals surface area contributed by atoms with Gasteiger partial charge in [-0.3, -0.25) is 0 Å². The summed E-state index contributed by atoms with van der Waals surface area (Å²) in [7, 11) is 0. The van der Waals surface area contributed by atoms with Crippen LogP contribution < -0.4 is 4.74 Å². The summed E-state index contributed by atoms with van der Waals surface area (Å²) in [4.78, 5) is 0. The van der Waals surface area contributed by atoms with E-state index in [2.05, 4.69) is 15.9 Å². The highest BCUT2D eigenvalue weighted by molar-refractivity contribution is 9.10. The van der Waals surface area contributed by atoms with E-state index in [1.54, 1.807) is 0 Å². The predicted octanol–water partition coefficient (Wildman–Crippen LogP) is 5.94. The highest BCUT2D eigenvalue weighted by Gasteiger charge is 2.06. The molecule has 0 aliphatic rings. The Kier molecular flexibility index (Phi) is 4.55. The number of aryl methyl sites for hydroxylation is 1. The molecular formula is C14H11BrCl2O. The molecule has 0 heterocycles. The van der Waals surface area contributed by atoms with Crippen LogP contribution in [-0.2, 0) is 5.88 Å². The maximum absolute atomic E-state index is 5.98. The van der Waals surface area contributed by atoms with Gasteiger partial charge in [0.15, 0.2) is 0 Å². The first-order valence-electron chi connectivity index (χ1n) is 5.38. The second-order valence-corrected chi connectivity index (χ2v) is 5.49. The van der Waals surface area contributed by atoms with Crippen molar-refractivity contribution >= 4 is 39.1 Å². The highest BCUT2D eigenvalue weighted by atomic mass is 79.9. The van der Waals surface area contributed by atoms with E-state index in [1.165, 1.54) is 0 Å². The second kappa shape index (κ2) is 5.96. The molecule has 0 saturated heterocycles. The van der Waals surface area contributed by atoms with Gasteiger partial charge >= 0.3 is 0 Å². The van der Waals surface area contributed by atoms with Crippen molar-refractivity contribution in [2.45, 2.75) is 12.8 Å². The molecular weight excluding hydrogens is 335 g/mol. The van der Waals surface area contributed by atoms with Gasteiger partial charge in [-0.05, 0) is 42.8 Å². The van der Waals surface area contributed by atoms with Crippen molar-refractivity contribution in [3.05, 3.63) is 57.0 Å². The van der Waals surface area contributed by atoms with Gasteiger partial charge in [-0.2, -0.15) is 0 Å². The van der Waals surface area contributed by atoms with Crippen LogP contribution in [0.5, 0.6) is 11.5 Å². The van der Waals surface area contributed by atoms with Gasteiger partial charge in [-0.1, -0.05) is 33.6 Å². The van der Waals surface area contributed by atoms with E-state index in [9.17, 15) is 0 Å². The Morgan fingerprint density at radius 1 is 1.17 bits per heavy atom. The molecule has 94 valence electrons. The highest BCUT2D eigenvalue weighted by Crippen LogP contribution is 2.31. The molecule has 2 aromatic carbocycles. The topological polar surface area (TPSA) is 9.23 Å². The minimum Gasteiger partial charge on any atom is -0.457 e. The van der Waals surface area contributed by atoms with Crippen molar-refractivity contribution in [2.24, 2.45) is 0 Å². The summed E-state index contributed by atoms with van der Waals surface area (Å²) in [5.41, 5.74) is 1.93. The van der Waals surface area contributed by atoms with Crippen LogP contribution in [0.25, 0.3) is 0 Å². The van der Waals surface area contributed by atoms with E-state index in [0.717, 1.165) is 32.1 Å². The van der Waals surface area contributed by atoms with Crippen molar-refractivity contribution < 1.29 is 4.74 Å². The summed E-state index contributed by atoms with van der Waals surface area (Å²) in [6.07, 6.45) is 0. The Labute approximate surface area is 125 Å². The maximum Gasteiger partial charge on any atom is 0.132 e. The average molecular weight is 346 g/mol. The van der Waals surface area contributed by atoms with Gasteiger partial charge in [0.1, 0.15) is 11.5 Å². The summed E-state index contributed by atoms with van der Waals surface area (Å²) >= 11 is 15.3. The van der Waals surface area contributed by atoms with Gasteiger partial charge in [-0.25, -0.2) is 0 Å². The van der Waals surface area contributed by atoms with E-state index < -0.39 is 0 Å². The van der Waals surface area contributed by atoms with Crippen molar-refractivity contribution in [1.29, 1.82) is 0 Å². The number of ether oxygens (including phenoxy) is 1. The molecule has 0 aliphatic heterocycles. The Bertz CT molecular complexity index is 570. The van der Waals surface area contributed by atoms with Gasteiger partial charge < -0.3 is 4.74 Å². The van der Waals surface area contributed by atoms with Gasteiger partial charge in [0.05, 0.1) is 5.88 Å². The first-order chi connectivity index (χ1) is 8.60. The van der Waals surface area contributed by atoms with Crippen LogP contribution in [0.3, 0.4) is 0 Å². The van der Waals surface area contributed by atoms with E-state index in [-0.39, 0.29) is 0 Å². The third-order valence-corrected chi connectivity index (χ3v) is 3.74. The molecule has 0 amide bonds. The molecule has 0 radical (unpaired) electrons. The van der Waals surface area contributed by atoms with Crippen molar-refractivity contribution in [3.8, 4) is 11.5 Å². The van der Waals surface area contributed by atoms with E-state index in [0.29, 0.717) is 5.88 Å². The van der Waals surface area contributed by atoms with Crippen LogP contribution in [0.1, 0.15) is 11.1 Å². The lowest BCUT2D eigenvalue weighted by atomic mass is 10.2. The third-order valence-electron chi connectivity index (χ3n) is 2.53. The number of benzene rings is 2. The minimum absolute atomic E-state index is 0.412. The molecule has 0 bridgehead atoms. The fraction of sp³-hybridized carbons (Fsp3) is 0.143. The molecule has 1 nitrogen and oxygen atoms in total. The van der Waals surface area contributed by atoms with Gasteiger partial charge in [0, 0.05) is 15.1 Å². The van der Waals surface area contributed by atoms with Crippen LogP contribution in [-0.4, -0.2) is 0 Å². The van der Waals surface area contributed by atoms with E-state index >= 15 is 0 Å². The zero-order chi connectivity index (χ0) is 13.1. The zero-order valence-electron chi connectivity index (χ0n) is 9.71. The molecule has 0 aliphatic carbocycles. The standard InChI is InChI=1S/C14H11BrCl2O/c1-9-6-12(4-5-13(9)17)18-14-7-11(15)3-2-10(14)8-16/h2-7H,8H2,1H3. The Morgan fingerprint density at radius 2 is 1.94 bits per heavy atom. The molecule has 0 N–H and O–H groups in total. The molecule has 0 fully saturated rings. The first-order valence-corrected chi connectivity index (χ1v) is 7.09. The molecule has 0 spiro atoms. The summed E-state index contributed by atoms with van der Waals surface area (Å²) in [5.74, 6) is 1.91. The van der Waals surface area contributed by atoms with Crippen LogP contribution in [0.15, 0.2) is 40.9 Å². The smallest absolute Gasteiger partial charge is 0.132 e. The van der Waals surface area contributed by atoms with Crippen LogP contribution in [0, 0.1) is 6.92 Å². The van der Waals surface area contributed by atoms with Crippen LogP contribution in [0.2, 0.25) is 5.02 Å². The van der Waals surface area contributed by atoms with Crippen molar-refractivity contribution in [3.63, 3.8) is 0 Å². The lowest BCUT2D eigenvalue weighted by Crippen LogP contribution is -1.90. The summed E-state index contributed by atoms with van der Waals surface area (Å²) in [6, 6.07) is 11.4.